The molecule has 26 heavy (non-hydrogen) atoms. The van der Waals surface area contributed by atoms with E-state index < -0.39 is 0 Å². The molecule has 0 spiro atoms. The summed E-state index contributed by atoms with van der Waals surface area (Å²) in [4.78, 5) is 12.3. The Balaban J connectivity index is 1.52. The van der Waals surface area contributed by atoms with Gasteiger partial charge in [0.15, 0.2) is 0 Å². The third-order valence-electron chi connectivity index (χ3n) is 5.65. The summed E-state index contributed by atoms with van der Waals surface area (Å²) in [5.41, 5.74) is 10.4. The topological polar surface area (TPSA) is 76.2 Å². The van der Waals surface area contributed by atoms with Gasteiger partial charge in [0.2, 0.25) is 0 Å². The number of carbonyl (C=O) groups is 1. The van der Waals surface area contributed by atoms with Crippen LogP contribution in [0.1, 0.15) is 42.7 Å². The normalized spacial score (nSPS) is 23.4. The molecule has 0 amide bonds. The van der Waals surface area contributed by atoms with Crippen molar-refractivity contribution in [3.8, 4) is 11.1 Å². The van der Waals surface area contributed by atoms with Crippen LogP contribution in [-0.2, 0) is 16.0 Å². The highest BCUT2D eigenvalue weighted by molar-refractivity contribution is 5.78. The maximum atomic E-state index is 12.3. The van der Waals surface area contributed by atoms with Crippen LogP contribution in [0, 0.1) is 11.3 Å². The molecule has 2 aromatic carbocycles. The van der Waals surface area contributed by atoms with Crippen molar-refractivity contribution in [3.05, 3.63) is 59.7 Å². The largest absolute Gasteiger partial charge is 0.461 e. The number of hydrogen-bond acceptors (Lipinski definition) is 3. The number of carbonyl (C=O) groups excluding carboxylic acids is 1. The van der Waals surface area contributed by atoms with Crippen LogP contribution >= 0.6 is 0 Å². The fourth-order valence-corrected chi connectivity index (χ4v) is 4.41. The smallest absolute Gasteiger partial charge is 0.310 e. The molecule has 0 aromatic heterocycles. The Bertz CT molecular complexity index is 831. The lowest BCUT2D eigenvalue weighted by Gasteiger charge is -2.16. The summed E-state index contributed by atoms with van der Waals surface area (Å²) in [5.74, 6) is 0.285. The van der Waals surface area contributed by atoms with Gasteiger partial charge in [-0.2, -0.15) is 0 Å². The zero-order chi connectivity index (χ0) is 18.1. The predicted molar refractivity (Wildman–Crippen MR) is 102 cm³/mol. The standard InChI is InChI=1S/C22H24N2O2/c23-20(24)9-5-4-8-18-21-17-11-10-15(14-6-2-1-3-7-14)12-16(17)13-19(21)26-22(18)25/h1-3,6-7,10-12,18-19,21H,4-5,8-9,13H2,(H3,23,24)/t18?,19-,21+/m0/s1. The molecule has 1 aliphatic carbocycles. The van der Waals surface area contributed by atoms with Gasteiger partial charge in [0.05, 0.1) is 11.8 Å². The van der Waals surface area contributed by atoms with Gasteiger partial charge in [0.25, 0.3) is 0 Å². The fraction of sp³-hybridized carbons (Fsp3) is 0.364. The average Bonchev–Trinajstić information content (AvgIpc) is 3.13. The van der Waals surface area contributed by atoms with Crippen LogP contribution < -0.4 is 5.73 Å². The van der Waals surface area contributed by atoms with E-state index in [2.05, 4.69) is 42.5 Å². The number of ether oxygens (including phenoxy) is 1. The molecular formula is C22H24N2O2. The molecule has 1 aliphatic heterocycles. The molecule has 0 radical (unpaired) electrons. The number of rotatable bonds is 6. The van der Waals surface area contributed by atoms with E-state index in [1.807, 2.05) is 6.07 Å². The minimum absolute atomic E-state index is 0.0127. The molecule has 134 valence electrons. The summed E-state index contributed by atoms with van der Waals surface area (Å²) in [7, 11) is 0. The van der Waals surface area contributed by atoms with Gasteiger partial charge in [0, 0.05) is 18.8 Å². The Morgan fingerprint density at radius 2 is 1.92 bits per heavy atom. The van der Waals surface area contributed by atoms with Gasteiger partial charge in [-0.25, -0.2) is 0 Å². The van der Waals surface area contributed by atoms with E-state index in [0.29, 0.717) is 6.42 Å². The van der Waals surface area contributed by atoms with Crippen molar-refractivity contribution < 1.29 is 9.53 Å². The minimum Gasteiger partial charge on any atom is -0.461 e. The number of benzene rings is 2. The molecule has 1 saturated heterocycles. The summed E-state index contributed by atoms with van der Waals surface area (Å²) in [6.45, 7) is 0. The third kappa shape index (κ3) is 3.12. The first-order chi connectivity index (χ1) is 12.6. The lowest BCUT2D eigenvalue weighted by molar-refractivity contribution is -0.144. The minimum atomic E-state index is -0.0595. The number of nitrogens with one attached hydrogen (secondary N) is 1. The van der Waals surface area contributed by atoms with Crippen molar-refractivity contribution in [3.63, 3.8) is 0 Å². The van der Waals surface area contributed by atoms with Crippen molar-refractivity contribution in [1.82, 2.24) is 0 Å². The SMILES string of the molecule is N=C(N)CCCCC1C(=O)O[C@H]2Cc3cc(-c4ccccc4)ccc3[C@H]12. The van der Waals surface area contributed by atoms with Crippen molar-refractivity contribution in [2.45, 2.75) is 44.1 Å². The van der Waals surface area contributed by atoms with Crippen LogP contribution in [0.15, 0.2) is 48.5 Å². The molecule has 4 heteroatoms. The molecule has 1 fully saturated rings. The quantitative estimate of drug-likeness (QED) is 0.358. The molecule has 0 bridgehead atoms. The Morgan fingerprint density at radius 1 is 1.12 bits per heavy atom. The van der Waals surface area contributed by atoms with Crippen LogP contribution in [0.2, 0.25) is 0 Å². The van der Waals surface area contributed by atoms with E-state index in [4.69, 9.17) is 15.9 Å². The maximum Gasteiger partial charge on any atom is 0.310 e. The number of unbranched alkanes of at least 4 members (excludes halogenated alkanes) is 1. The first-order valence-electron chi connectivity index (χ1n) is 9.35. The summed E-state index contributed by atoms with van der Waals surface area (Å²) in [6.07, 6.45) is 3.98. The van der Waals surface area contributed by atoms with Crippen molar-refractivity contribution in [2.24, 2.45) is 11.7 Å². The Morgan fingerprint density at radius 3 is 2.69 bits per heavy atom. The van der Waals surface area contributed by atoms with Crippen LogP contribution in [-0.4, -0.2) is 17.9 Å². The highest BCUT2D eigenvalue weighted by Crippen LogP contribution is 2.48. The van der Waals surface area contributed by atoms with Crippen molar-refractivity contribution >= 4 is 11.8 Å². The Hall–Kier alpha value is -2.62. The maximum absolute atomic E-state index is 12.3. The summed E-state index contributed by atoms with van der Waals surface area (Å²) in [5, 5.41) is 7.31. The van der Waals surface area contributed by atoms with Crippen LogP contribution in [0.25, 0.3) is 11.1 Å². The van der Waals surface area contributed by atoms with Crippen LogP contribution in [0.3, 0.4) is 0 Å². The molecule has 1 heterocycles. The molecule has 2 aromatic rings. The first kappa shape index (κ1) is 16.8. The van der Waals surface area contributed by atoms with E-state index in [9.17, 15) is 4.79 Å². The van der Waals surface area contributed by atoms with Crippen LogP contribution in [0.5, 0.6) is 0 Å². The summed E-state index contributed by atoms with van der Waals surface area (Å²) >= 11 is 0. The van der Waals surface area contributed by atoms with E-state index >= 15 is 0 Å². The number of hydrogen-bond donors (Lipinski definition) is 2. The Kier molecular flexibility index (Phi) is 4.49. The fourth-order valence-electron chi connectivity index (χ4n) is 4.41. The van der Waals surface area contributed by atoms with E-state index in [1.54, 1.807) is 0 Å². The second-order valence-electron chi connectivity index (χ2n) is 7.36. The average molecular weight is 348 g/mol. The zero-order valence-electron chi connectivity index (χ0n) is 14.8. The molecule has 3 atom stereocenters. The first-order valence-corrected chi connectivity index (χ1v) is 9.35. The van der Waals surface area contributed by atoms with E-state index in [-0.39, 0.29) is 29.7 Å². The predicted octanol–water partition coefficient (Wildman–Crippen LogP) is 4.03. The third-order valence-corrected chi connectivity index (χ3v) is 5.65. The van der Waals surface area contributed by atoms with Gasteiger partial charge in [-0.1, -0.05) is 55.0 Å². The molecule has 4 rings (SSSR count). The van der Waals surface area contributed by atoms with Gasteiger partial charge < -0.3 is 10.5 Å². The van der Waals surface area contributed by atoms with Crippen molar-refractivity contribution in [2.75, 3.05) is 0 Å². The summed E-state index contributed by atoms with van der Waals surface area (Å²) in [6, 6.07) is 17.0. The zero-order valence-corrected chi connectivity index (χ0v) is 14.8. The van der Waals surface area contributed by atoms with E-state index in [0.717, 1.165) is 25.7 Å². The number of amidine groups is 1. The molecule has 2 aliphatic rings. The molecule has 3 N–H and O–H groups in total. The van der Waals surface area contributed by atoms with Gasteiger partial charge >= 0.3 is 5.97 Å². The highest BCUT2D eigenvalue weighted by Gasteiger charge is 2.49. The van der Waals surface area contributed by atoms with Gasteiger partial charge in [-0.05, 0) is 35.1 Å². The molecule has 4 nitrogen and oxygen atoms in total. The molecule has 1 unspecified atom stereocenters. The Labute approximate surface area is 153 Å². The van der Waals surface area contributed by atoms with Gasteiger partial charge in [-0.15, -0.1) is 0 Å². The number of nitrogens with two attached hydrogens (primary N) is 1. The van der Waals surface area contributed by atoms with Crippen LogP contribution in [0.4, 0.5) is 0 Å². The summed E-state index contributed by atoms with van der Waals surface area (Å²) < 4.78 is 5.70. The lowest BCUT2D eigenvalue weighted by Crippen LogP contribution is -2.15. The molecule has 0 saturated carbocycles. The lowest BCUT2D eigenvalue weighted by atomic mass is 9.84. The number of esters is 1. The van der Waals surface area contributed by atoms with E-state index in [1.165, 1.54) is 22.3 Å². The number of fused-ring (bicyclic) bond motifs is 3. The second kappa shape index (κ2) is 6.94. The second-order valence-corrected chi connectivity index (χ2v) is 7.36. The highest BCUT2D eigenvalue weighted by atomic mass is 16.6. The van der Waals surface area contributed by atoms with Gasteiger partial charge in [-0.3, -0.25) is 10.2 Å². The van der Waals surface area contributed by atoms with Crippen molar-refractivity contribution in [1.29, 1.82) is 5.41 Å². The molecular weight excluding hydrogens is 324 g/mol. The van der Waals surface area contributed by atoms with Gasteiger partial charge in [0.1, 0.15) is 6.10 Å². The monoisotopic (exact) mass is 348 g/mol.